The van der Waals surface area contributed by atoms with E-state index in [1.165, 1.54) is 41.4 Å². The predicted molar refractivity (Wildman–Crippen MR) is 203 cm³/mol. The Kier molecular flexibility index (Phi) is 11.7. The standard InChI is InChI=1S/C38H38Cl2N2O10S2/c1-38(13-4-7-31(43)44,30-12-16-53-52-30)51-37(47)27(18-21-5-3-6-24(17-21)54(2,48)49)34-26-20-28(39)32(35(41)45)33(40)25(26)10-14-42(34)36(46)23-9-8-22-11-15-50-29(22)19-23/h3,5-6,8-9,11,15,17,19-20,27,30,34H,4,7,10,12-14,16,18H2,1-2H3,(H2,41,45)(H,43,44)/t27-,30+,34?,38?/m0/s1. The van der Waals surface area contributed by atoms with Crippen LogP contribution in [0.4, 0.5) is 0 Å². The summed E-state index contributed by atoms with van der Waals surface area (Å²) < 4.78 is 43.1. The van der Waals surface area contributed by atoms with Crippen molar-refractivity contribution in [2.24, 2.45) is 11.7 Å². The summed E-state index contributed by atoms with van der Waals surface area (Å²) in [7, 11) is -3.64. The van der Waals surface area contributed by atoms with Gasteiger partial charge in [0.05, 0.1) is 38.7 Å². The van der Waals surface area contributed by atoms with Crippen molar-refractivity contribution in [2.45, 2.75) is 68.1 Å². The Balaban J connectivity index is 1.52. The van der Waals surface area contributed by atoms with Crippen molar-refractivity contribution in [3.8, 4) is 0 Å². The summed E-state index contributed by atoms with van der Waals surface area (Å²) in [5, 5.41) is 10.1. The van der Waals surface area contributed by atoms with Gasteiger partial charge in [-0.15, -0.1) is 0 Å². The van der Waals surface area contributed by atoms with Crippen LogP contribution in [-0.2, 0) is 41.2 Å². The van der Waals surface area contributed by atoms with Crippen LogP contribution in [0.25, 0.3) is 11.0 Å². The zero-order chi connectivity index (χ0) is 38.9. The molecule has 3 N–H and O–H groups in total. The number of amides is 2. The summed E-state index contributed by atoms with van der Waals surface area (Å²) in [4.78, 5) is 55.1. The van der Waals surface area contributed by atoms with Crippen LogP contribution in [0.2, 0.25) is 10.0 Å². The first kappa shape index (κ1) is 39.6. The molecule has 16 heteroatoms. The summed E-state index contributed by atoms with van der Waals surface area (Å²) in [5.74, 6) is -3.63. The van der Waals surface area contributed by atoms with Crippen LogP contribution in [0.1, 0.15) is 76.1 Å². The molecule has 0 spiro atoms. The van der Waals surface area contributed by atoms with Crippen molar-refractivity contribution in [2.75, 3.05) is 18.6 Å². The lowest BCUT2D eigenvalue weighted by atomic mass is 9.80. The number of halogens is 2. The second-order valence-electron chi connectivity index (χ2n) is 13.8. The summed E-state index contributed by atoms with van der Waals surface area (Å²) in [6, 6.07) is 13.3. The molecule has 0 saturated carbocycles. The van der Waals surface area contributed by atoms with Gasteiger partial charge in [-0.3, -0.25) is 19.2 Å². The van der Waals surface area contributed by atoms with E-state index >= 15 is 0 Å². The van der Waals surface area contributed by atoms with Gasteiger partial charge < -0.3 is 29.1 Å². The molecule has 1 aromatic heterocycles. The van der Waals surface area contributed by atoms with Gasteiger partial charge in [0.15, 0.2) is 9.84 Å². The van der Waals surface area contributed by atoms with Crippen LogP contribution in [0, 0.1) is 5.92 Å². The van der Waals surface area contributed by atoms with E-state index in [-0.39, 0.29) is 64.7 Å². The van der Waals surface area contributed by atoms with Gasteiger partial charge in [0.1, 0.15) is 17.3 Å². The van der Waals surface area contributed by atoms with Gasteiger partial charge in [0.25, 0.3) is 11.8 Å². The van der Waals surface area contributed by atoms with E-state index in [1.54, 1.807) is 43.3 Å². The van der Waals surface area contributed by atoms with Gasteiger partial charge in [-0.25, -0.2) is 8.42 Å². The maximum atomic E-state index is 15.0. The maximum absolute atomic E-state index is 15.0. The first-order valence-corrected chi connectivity index (χ1v) is 20.7. The van der Waals surface area contributed by atoms with E-state index in [4.69, 9.17) is 42.3 Å². The molecule has 1 saturated heterocycles. The van der Waals surface area contributed by atoms with Crippen molar-refractivity contribution in [3.63, 3.8) is 0 Å². The predicted octanol–water partition coefficient (Wildman–Crippen LogP) is 6.83. The number of hydrogen-bond donors (Lipinski definition) is 2. The Morgan fingerprint density at radius 1 is 1.13 bits per heavy atom. The average molecular weight is 818 g/mol. The van der Waals surface area contributed by atoms with Crippen molar-refractivity contribution in [1.82, 2.24) is 4.90 Å². The molecule has 6 rings (SSSR count). The van der Waals surface area contributed by atoms with E-state index in [1.807, 2.05) is 0 Å². The molecule has 2 unspecified atom stereocenters. The Labute approximate surface area is 326 Å². The van der Waals surface area contributed by atoms with Crippen molar-refractivity contribution >= 4 is 79.8 Å². The Hall–Kier alpha value is -4.08. The molecule has 12 nitrogen and oxygen atoms in total. The van der Waals surface area contributed by atoms with Gasteiger partial charge in [-0.1, -0.05) is 41.4 Å². The fourth-order valence-corrected chi connectivity index (χ4v) is 9.59. The summed E-state index contributed by atoms with van der Waals surface area (Å²) in [6.07, 6.45) is 2.84. The van der Waals surface area contributed by atoms with Gasteiger partial charge in [-0.2, -0.15) is 0 Å². The number of furan rings is 1. The summed E-state index contributed by atoms with van der Waals surface area (Å²) in [6.45, 7) is 1.76. The number of primary amides is 1. The fourth-order valence-electron chi connectivity index (χ4n) is 7.27. The number of carboxylic acids is 1. The average Bonchev–Trinajstić information content (AvgIpc) is 3.83. The molecule has 1 fully saturated rings. The van der Waals surface area contributed by atoms with E-state index < -0.39 is 57.3 Å². The zero-order valence-corrected chi connectivity index (χ0v) is 32.5. The third-order valence-electron chi connectivity index (χ3n) is 10.0. The van der Waals surface area contributed by atoms with Crippen molar-refractivity contribution < 1.29 is 46.0 Å². The highest BCUT2D eigenvalue weighted by molar-refractivity contribution is 7.94. The SMILES string of the molecule is CC(CCCC(=O)O)(OC(=O)[C@@H](Cc1cccc(S(C)(=O)=O)c1)C1c2cc(Cl)c(C(N)=O)c(Cl)c2CCN1C(=O)c1ccc2ccoc2c1)[C@H]1CCSO1. The summed E-state index contributed by atoms with van der Waals surface area (Å²) >= 11 is 14.7. The third kappa shape index (κ3) is 8.27. The first-order chi connectivity index (χ1) is 25.6. The number of carboxylic acid groups (broad SMARTS) is 1. The number of rotatable bonds is 13. The lowest BCUT2D eigenvalue weighted by Gasteiger charge is -2.43. The number of aliphatic carboxylic acids is 1. The minimum Gasteiger partial charge on any atom is -0.481 e. The molecule has 4 atom stereocenters. The van der Waals surface area contributed by atoms with Crippen LogP contribution in [0.15, 0.2) is 70.2 Å². The minimum absolute atomic E-state index is 0.000171. The topological polar surface area (TPSA) is 184 Å². The first-order valence-electron chi connectivity index (χ1n) is 17.2. The monoisotopic (exact) mass is 816 g/mol. The molecule has 0 bridgehead atoms. The molecule has 54 heavy (non-hydrogen) atoms. The smallest absolute Gasteiger partial charge is 0.312 e. The zero-order valence-electron chi connectivity index (χ0n) is 29.4. The van der Waals surface area contributed by atoms with Crippen LogP contribution in [0.3, 0.4) is 0 Å². The number of carbonyl (C=O) groups is 4. The number of ether oxygens (including phenoxy) is 1. The maximum Gasteiger partial charge on any atom is 0.312 e. The number of nitrogens with two attached hydrogens (primary N) is 1. The molecule has 4 aromatic rings. The molecule has 3 heterocycles. The second-order valence-corrected chi connectivity index (χ2v) is 17.4. The Bertz CT molecular complexity index is 2240. The quantitative estimate of drug-likeness (QED) is 0.107. The van der Waals surface area contributed by atoms with Gasteiger partial charge >= 0.3 is 11.9 Å². The Morgan fingerprint density at radius 2 is 1.91 bits per heavy atom. The van der Waals surface area contributed by atoms with Crippen LogP contribution in [-0.4, -0.2) is 72.4 Å². The molecular weight excluding hydrogens is 779 g/mol. The fraction of sp³-hybridized carbons (Fsp3) is 0.368. The highest BCUT2D eigenvalue weighted by Crippen LogP contribution is 2.45. The van der Waals surface area contributed by atoms with E-state index in [0.717, 1.165) is 11.6 Å². The number of nitrogens with zero attached hydrogens (tertiary/aromatic N) is 1. The largest absolute Gasteiger partial charge is 0.481 e. The minimum atomic E-state index is -3.64. The van der Waals surface area contributed by atoms with Gasteiger partial charge in [-0.05, 0) is 104 Å². The molecule has 0 radical (unpaired) electrons. The lowest BCUT2D eigenvalue weighted by molar-refractivity contribution is -0.175. The van der Waals surface area contributed by atoms with Crippen LogP contribution < -0.4 is 5.73 Å². The molecule has 3 aromatic carbocycles. The molecule has 2 aliphatic heterocycles. The molecule has 0 aliphatic carbocycles. The third-order valence-corrected chi connectivity index (χ3v) is 12.6. The van der Waals surface area contributed by atoms with Crippen molar-refractivity contribution in [3.05, 3.63) is 98.7 Å². The molecule has 2 amide bonds. The highest BCUT2D eigenvalue weighted by Gasteiger charge is 2.47. The van der Waals surface area contributed by atoms with Crippen LogP contribution >= 0.6 is 35.2 Å². The molecule has 2 aliphatic rings. The molecular formula is C38H38Cl2N2O10S2. The van der Waals surface area contributed by atoms with E-state index in [9.17, 15) is 32.7 Å². The van der Waals surface area contributed by atoms with Gasteiger partial charge in [0, 0.05) is 35.9 Å². The number of fused-ring (bicyclic) bond motifs is 2. The lowest BCUT2D eigenvalue weighted by Crippen LogP contribution is -2.49. The van der Waals surface area contributed by atoms with Gasteiger partial charge in [0.2, 0.25) is 0 Å². The highest BCUT2D eigenvalue weighted by atomic mass is 35.5. The molecule has 286 valence electrons. The Morgan fingerprint density at radius 3 is 2.59 bits per heavy atom. The van der Waals surface area contributed by atoms with E-state index in [2.05, 4.69) is 0 Å². The summed E-state index contributed by atoms with van der Waals surface area (Å²) in [5.41, 5.74) is 6.36. The number of carbonyl (C=O) groups excluding carboxylic acids is 3. The number of esters is 1. The van der Waals surface area contributed by atoms with E-state index in [0.29, 0.717) is 34.4 Å². The second kappa shape index (κ2) is 16.0. The number of sulfone groups is 1. The normalized spacial score (nSPS) is 18.9. The van der Waals surface area contributed by atoms with Crippen LogP contribution in [0.5, 0.6) is 0 Å². The number of hydrogen-bond acceptors (Lipinski definition) is 10. The number of benzene rings is 3. The van der Waals surface area contributed by atoms with Crippen molar-refractivity contribution in [1.29, 1.82) is 0 Å².